The van der Waals surface area contributed by atoms with Crippen LogP contribution in [-0.2, 0) is 0 Å². The van der Waals surface area contributed by atoms with E-state index >= 15 is 0 Å². The molecular formula is C17H30F3N. The summed E-state index contributed by atoms with van der Waals surface area (Å²) in [6, 6.07) is 0.0643. The van der Waals surface area contributed by atoms with Crippen molar-refractivity contribution in [1.29, 1.82) is 0 Å². The number of hydrogen-bond donors (Lipinski definition) is 1. The first-order valence-corrected chi connectivity index (χ1v) is 8.79. The van der Waals surface area contributed by atoms with Gasteiger partial charge in [-0.15, -0.1) is 0 Å². The smallest absolute Gasteiger partial charge is 0.314 e. The maximum Gasteiger partial charge on any atom is 0.389 e. The highest BCUT2D eigenvalue weighted by Crippen LogP contribution is 2.44. The van der Waals surface area contributed by atoms with Crippen LogP contribution in [0.1, 0.15) is 71.1 Å². The third kappa shape index (κ3) is 5.46. The van der Waals surface area contributed by atoms with Gasteiger partial charge < -0.3 is 5.32 Å². The predicted molar refractivity (Wildman–Crippen MR) is 80.2 cm³/mol. The van der Waals surface area contributed by atoms with Gasteiger partial charge in [-0.2, -0.15) is 13.2 Å². The Hall–Kier alpha value is -0.250. The Morgan fingerprint density at radius 3 is 2.43 bits per heavy atom. The molecule has 4 heteroatoms. The van der Waals surface area contributed by atoms with Gasteiger partial charge in [0.25, 0.3) is 0 Å². The van der Waals surface area contributed by atoms with Gasteiger partial charge >= 0.3 is 6.18 Å². The van der Waals surface area contributed by atoms with E-state index in [9.17, 15) is 13.2 Å². The second-order valence-corrected chi connectivity index (χ2v) is 7.09. The Kier molecular flexibility index (Phi) is 6.39. The van der Waals surface area contributed by atoms with Gasteiger partial charge in [0, 0.05) is 12.5 Å². The van der Waals surface area contributed by atoms with Crippen LogP contribution in [-0.4, -0.2) is 18.8 Å². The Balaban J connectivity index is 1.89. The molecule has 2 aliphatic rings. The standard InChI is InChI=1S/C17H30F3N/c1-2-11-21-16(9-10-17(18,19)20)15-8-7-13-5-3-4-6-14(13)12-15/h13-16,21H,2-12H2,1H3. The average molecular weight is 305 g/mol. The lowest BCUT2D eigenvalue weighted by Gasteiger charge is -2.42. The van der Waals surface area contributed by atoms with Crippen LogP contribution in [0.3, 0.4) is 0 Å². The van der Waals surface area contributed by atoms with Gasteiger partial charge in [-0.25, -0.2) is 0 Å². The van der Waals surface area contributed by atoms with Crippen molar-refractivity contribution in [2.75, 3.05) is 6.54 Å². The van der Waals surface area contributed by atoms with Crippen LogP contribution in [0.25, 0.3) is 0 Å². The summed E-state index contributed by atoms with van der Waals surface area (Å²) < 4.78 is 37.6. The molecular weight excluding hydrogens is 275 g/mol. The van der Waals surface area contributed by atoms with Crippen LogP contribution < -0.4 is 5.32 Å². The molecule has 4 unspecified atom stereocenters. The quantitative estimate of drug-likeness (QED) is 0.702. The summed E-state index contributed by atoms with van der Waals surface area (Å²) in [5.41, 5.74) is 0. The first-order chi connectivity index (χ1) is 9.99. The van der Waals surface area contributed by atoms with Gasteiger partial charge in [0.2, 0.25) is 0 Å². The Morgan fingerprint density at radius 2 is 1.76 bits per heavy atom. The Bertz CT molecular complexity index is 303. The number of hydrogen-bond acceptors (Lipinski definition) is 1. The molecule has 4 atom stereocenters. The van der Waals surface area contributed by atoms with E-state index < -0.39 is 12.6 Å². The third-order valence-corrected chi connectivity index (χ3v) is 5.54. The monoisotopic (exact) mass is 305 g/mol. The highest BCUT2D eigenvalue weighted by Gasteiger charge is 2.36. The molecule has 0 aromatic rings. The molecule has 0 aromatic carbocycles. The molecule has 2 fully saturated rings. The maximum atomic E-state index is 12.5. The largest absolute Gasteiger partial charge is 0.389 e. The van der Waals surface area contributed by atoms with Gasteiger partial charge in [0.1, 0.15) is 0 Å². The highest BCUT2D eigenvalue weighted by molar-refractivity contribution is 4.88. The molecule has 2 saturated carbocycles. The summed E-state index contributed by atoms with van der Waals surface area (Å²) in [5.74, 6) is 2.11. The molecule has 0 heterocycles. The highest BCUT2D eigenvalue weighted by atomic mass is 19.4. The van der Waals surface area contributed by atoms with Crippen molar-refractivity contribution in [1.82, 2.24) is 5.32 Å². The minimum Gasteiger partial charge on any atom is -0.314 e. The molecule has 2 aliphatic carbocycles. The fourth-order valence-corrected chi connectivity index (χ4v) is 4.43. The van der Waals surface area contributed by atoms with Gasteiger partial charge in [0.05, 0.1) is 0 Å². The number of rotatable bonds is 6. The topological polar surface area (TPSA) is 12.0 Å². The van der Waals surface area contributed by atoms with Crippen molar-refractivity contribution in [3.05, 3.63) is 0 Å². The SMILES string of the molecule is CCCNC(CCC(F)(F)F)C1CCC2CCCCC2C1. The fraction of sp³-hybridized carbons (Fsp3) is 1.00. The third-order valence-electron chi connectivity index (χ3n) is 5.54. The molecule has 0 aliphatic heterocycles. The molecule has 21 heavy (non-hydrogen) atoms. The molecule has 2 rings (SSSR count). The lowest BCUT2D eigenvalue weighted by molar-refractivity contribution is -0.137. The summed E-state index contributed by atoms with van der Waals surface area (Å²) in [6.07, 6.45) is 5.45. The Morgan fingerprint density at radius 1 is 1.05 bits per heavy atom. The molecule has 0 saturated heterocycles. The van der Waals surface area contributed by atoms with Crippen LogP contribution >= 0.6 is 0 Å². The van der Waals surface area contributed by atoms with Crippen LogP contribution in [0, 0.1) is 17.8 Å². The van der Waals surface area contributed by atoms with Crippen molar-refractivity contribution in [2.24, 2.45) is 17.8 Å². The molecule has 1 N–H and O–H groups in total. The molecule has 1 nitrogen and oxygen atoms in total. The first-order valence-electron chi connectivity index (χ1n) is 8.79. The zero-order valence-corrected chi connectivity index (χ0v) is 13.2. The van der Waals surface area contributed by atoms with Crippen LogP contribution in [0.4, 0.5) is 13.2 Å². The molecule has 0 spiro atoms. The molecule has 124 valence electrons. The number of nitrogens with one attached hydrogen (secondary N) is 1. The summed E-state index contributed by atoms with van der Waals surface area (Å²) >= 11 is 0. The Labute approximate surface area is 127 Å². The van der Waals surface area contributed by atoms with E-state index in [1.165, 1.54) is 32.1 Å². The van der Waals surface area contributed by atoms with E-state index in [1.54, 1.807) is 0 Å². The summed E-state index contributed by atoms with van der Waals surface area (Å²) in [6.45, 7) is 2.92. The first kappa shape index (κ1) is 17.1. The zero-order valence-electron chi connectivity index (χ0n) is 13.2. The predicted octanol–water partition coefficient (Wildman–Crippen LogP) is 5.30. The molecule has 0 aromatic heterocycles. The lowest BCUT2D eigenvalue weighted by Crippen LogP contribution is -2.42. The van der Waals surface area contributed by atoms with Gasteiger partial charge in [-0.3, -0.25) is 0 Å². The molecule has 0 radical (unpaired) electrons. The summed E-state index contributed by atoms with van der Waals surface area (Å²) in [5, 5.41) is 3.41. The second kappa shape index (κ2) is 7.85. The van der Waals surface area contributed by atoms with Crippen LogP contribution in [0.5, 0.6) is 0 Å². The van der Waals surface area contributed by atoms with Gasteiger partial charge in [-0.1, -0.05) is 32.6 Å². The summed E-state index contributed by atoms with van der Waals surface area (Å²) in [7, 11) is 0. The van der Waals surface area contributed by atoms with E-state index in [2.05, 4.69) is 12.2 Å². The van der Waals surface area contributed by atoms with E-state index in [0.717, 1.165) is 37.6 Å². The van der Waals surface area contributed by atoms with Crippen LogP contribution in [0.15, 0.2) is 0 Å². The van der Waals surface area contributed by atoms with E-state index in [4.69, 9.17) is 0 Å². The minimum absolute atomic E-state index is 0.0643. The van der Waals surface area contributed by atoms with Gasteiger partial charge in [0.15, 0.2) is 0 Å². The lowest BCUT2D eigenvalue weighted by atomic mass is 9.65. The summed E-state index contributed by atoms with van der Waals surface area (Å²) in [4.78, 5) is 0. The number of alkyl halides is 3. The maximum absolute atomic E-state index is 12.5. The van der Waals surface area contributed by atoms with Crippen molar-refractivity contribution in [3.8, 4) is 0 Å². The van der Waals surface area contributed by atoms with Crippen molar-refractivity contribution in [2.45, 2.75) is 83.4 Å². The zero-order chi connectivity index (χ0) is 15.3. The second-order valence-electron chi connectivity index (χ2n) is 7.09. The number of halogens is 3. The van der Waals surface area contributed by atoms with E-state index in [-0.39, 0.29) is 12.5 Å². The van der Waals surface area contributed by atoms with Crippen LogP contribution in [0.2, 0.25) is 0 Å². The fourth-order valence-electron chi connectivity index (χ4n) is 4.43. The molecule has 0 bridgehead atoms. The molecule has 0 amide bonds. The van der Waals surface area contributed by atoms with Gasteiger partial charge in [-0.05, 0) is 56.4 Å². The average Bonchev–Trinajstić information content (AvgIpc) is 2.46. The van der Waals surface area contributed by atoms with Crippen molar-refractivity contribution < 1.29 is 13.2 Å². The van der Waals surface area contributed by atoms with Crippen molar-refractivity contribution >= 4 is 0 Å². The van der Waals surface area contributed by atoms with E-state index in [0.29, 0.717) is 5.92 Å². The number of fused-ring (bicyclic) bond motifs is 1. The van der Waals surface area contributed by atoms with Crippen molar-refractivity contribution in [3.63, 3.8) is 0 Å². The normalized spacial score (nSPS) is 31.7. The minimum atomic E-state index is -4.02. The van der Waals surface area contributed by atoms with E-state index in [1.807, 2.05) is 0 Å².